The topological polar surface area (TPSA) is 206 Å². The molecule has 2 bridgehead atoms. The van der Waals surface area contributed by atoms with Crippen LogP contribution in [0.3, 0.4) is 0 Å². The number of esters is 1. The molecule has 21 heteroatoms. The highest BCUT2D eigenvalue weighted by molar-refractivity contribution is 5.91. The molecule has 9 atom stereocenters. The number of hydrogen-bond donors (Lipinski definition) is 5. The largest absolute Gasteiger partial charge is 0.508 e. The Balaban J connectivity index is 0.000000475. The predicted molar refractivity (Wildman–Crippen MR) is 229 cm³/mol. The van der Waals surface area contributed by atoms with Crippen LogP contribution >= 0.6 is 0 Å². The number of carboxylic acid groups (broad SMARTS) is 2. The zero-order chi connectivity index (χ0) is 50.2. The normalized spacial score (nSPS) is 27.0. The fourth-order valence-corrected chi connectivity index (χ4v) is 10.6. The fraction of sp³-hybridized carbons (Fsp3) is 0.511. The number of halogens is 6. The molecule has 2 aromatic carbocycles. The Hall–Kier alpha value is -5.93. The maximum absolute atomic E-state index is 14.4. The van der Waals surface area contributed by atoms with Crippen molar-refractivity contribution in [2.45, 2.75) is 95.2 Å². The molecule has 3 fully saturated rings. The molecule has 0 radical (unpaired) electrons. The van der Waals surface area contributed by atoms with E-state index in [9.17, 15) is 50.9 Å². The number of aliphatic carboxylic acids is 2. The summed E-state index contributed by atoms with van der Waals surface area (Å²) in [5.41, 5.74) is 4.58. The van der Waals surface area contributed by atoms with Crippen LogP contribution in [-0.2, 0) is 52.8 Å². The smallest absolute Gasteiger partial charge is 0.490 e. The van der Waals surface area contributed by atoms with E-state index in [0.29, 0.717) is 36.9 Å². The SMILES string of the molecule is Cc1cc(O)cc(C)c1C[C@@H](C(=O)N1Cc2ccccc2C[C@H]1C(=O)NCCC(=O)OC1=C2O[C@H]3[C@@H](O)C=C[C@H]4[C@H]5CC(C=C1)C2[C@]43CCN5C)N(C)C.O=C(O)C(F)(F)F.O=C(O)C(F)(F)F. The van der Waals surface area contributed by atoms with Crippen LogP contribution in [0.25, 0.3) is 0 Å². The van der Waals surface area contributed by atoms with E-state index in [4.69, 9.17) is 29.3 Å². The van der Waals surface area contributed by atoms with E-state index in [2.05, 4.69) is 29.4 Å². The van der Waals surface area contributed by atoms with Crippen molar-refractivity contribution >= 4 is 29.7 Å². The van der Waals surface area contributed by atoms with Gasteiger partial charge in [0, 0.05) is 42.8 Å². The Morgan fingerprint density at radius 3 is 2.15 bits per heavy atom. The van der Waals surface area contributed by atoms with Gasteiger partial charge in [0.05, 0.1) is 12.5 Å². The average molecular weight is 965 g/mol. The maximum Gasteiger partial charge on any atom is 0.490 e. The molecule has 1 saturated carbocycles. The van der Waals surface area contributed by atoms with Crippen LogP contribution in [-0.4, -0.2) is 142 Å². The molecular formula is C47H54F6N4O11. The summed E-state index contributed by atoms with van der Waals surface area (Å²) < 4.78 is 76.0. The van der Waals surface area contributed by atoms with E-state index in [0.717, 1.165) is 47.2 Å². The van der Waals surface area contributed by atoms with Gasteiger partial charge in [0.2, 0.25) is 11.8 Å². The first-order valence-electron chi connectivity index (χ1n) is 21.8. The summed E-state index contributed by atoms with van der Waals surface area (Å²) in [6.07, 6.45) is -0.602. The van der Waals surface area contributed by atoms with Crippen LogP contribution < -0.4 is 5.32 Å². The Labute approximate surface area is 387 Å². The number of carboxylic acids is 2. The molecule has 15 nitrogen and oxygen atoms in total. The number of fused-ring (bicyclic) bond motifs is 1. The summed E-state index contributed by atoms with van der Waals surface area (Å²) >= 11 is 0. The second kappa shape index (κ2) is 20.0. The number of allylic oxidation sites excluding steroid dienone is 3. The molecule has 8 rings (SSSR count). The Kier molecular flexibility index (Phi) is 15.1. The van der Waals surface area contributed by atoms with Crippen molar-refractivity contribution in [3.8, 4) is 5.75 Å². The number of alkyl halides is 6. The molecule has 68 heavy (non-hydrogen) atoms. The Morgan fingerprint density at radius 2 is 1.56 bits per heavy atom. The molecular weight excluding hydrogens is 911 g/mol. The van der Waals surface area contributed by atoms with Gasteiger partial charge in [0.1, 0.15) is 29.8 Å². The highest BCUT2D eigenvalue weighted by Crippen LogP contribution is 2.67. The van der Waals surface area contributed by atoms with Crippen molar-refractivity contribution in [2.24, 2.45) is 23.2 Å². The molecule has 3 aliphatic carbocycles. The highest BCUT2D eigenvalue weighted by Gasteiger charge is 2.69. The summed E-state index contributed by atoms with van der Waals surface area (Å²) in [6, 6.07) is 10.4. The van der Waals surface area contributed by atoms with E-state index >= 15 is 0 Å². The molecule has 0 aromatic heterocycles. The lowest BCUT2D eigenvalue weighted by atomic mass is 9.48. The lowest BCUT2D eigenvalue weighted by Gasteiger charge is -2.60. The number of phenols is 1. The molecule has 6 aliphatic rings. The number of likely N-dealkylation sites (N-methyl/N-ethyl adjacent to an activating group) is 1. The number of carbonyl (C=O) groups excluding carboxylic acids is 3. The van der Waals surface area contributed by atoms with Gasteiger partial charge in [-0.15, -0.1) is 0 Å². The summed E-state index contributed by atoms with van der Waals surface area (Å²) in [4.78, 5) is 65.5. The summed E-state index contributed by atoms with van der Waals surface area (Å²) in [5, 5.41) is 38.4. The number of carbonyl (C=O) groups is 5. The highest BCUT2D eigenvalue weighted by atomic mass is 19.4. The van der Waals surface area contributed by atoms with Gasteiger partial charge in [-0.1, -0.05) is 42.5 Å². The number of amides is 2. The number of aliphatic hydroxyl groups is 1. The molecule has 5 N–H and O–H groups in total. The molecule has 2 saturated heterocycles. The van der Waals surface area contributed by atoms with Gasteiger partial charge < -0.3 is 45.0 Å². The van der Waals surface area contributed by atoms with E-state index in [1.54, 1.807) is 17.0 Å². The lowest BCUT2D eigenvalue weighted by Crippen LogP contribution is -2.65. The number of benzene rings is 2. The van der Waals surface area contributed by atoms with Crippen molar-refractivity contribution in [2.75, 3.05) is 34.2 Å². The maximum atomic E-state index is 14.4. The van der Waals surface area contributed by atoms with E-state index < -0.39 is 48.4 Å². The molecule has 2 aromatic rings. The average Bonchev–Trinajstić information content (AvgIpc) is 3.61. The number of piperidine rings is 1. The number of aliphatic hydroxyl groups excluding tert-OH is 1. The van der Waals surface area contributed by atoms with Gasteiger partial charge in [0.25, 0.3) is 0 Å². The molecule has 3 heterocycles. The van der Waals surface area contributed by atoms with E-state index in [1.807, 2.05) is 69.3 Å². The lowest BCUT2D eigenvalue weighted by molar-refractivity contribution is -0.193. The fourth-order valence-electron chi connectivity index (χ4n) is 10.6. The second-order valence-corrected chi connectivity index (χ2v) is 18.1. The van der Waals surface area contributed by atoms with Crippen molar-refractivity contribution in [3.63, 3.8) is 0 Å². The zero-order valence-electron chi connectivity index (χ0n) is 37.8. The van der Waals surface area contributed by atoms with E-state index in [1.165, 1.54) is 0 Å². The monoisotopic (exact) mass is 964 g/mol. The number of likely N-dealkylation sites (tertiary alicyclic amines) is 1. The molecule has 2 unspecified atom stereocenters. The van der Waals surface area contributed by atoms with Crippen LogP contribution in [0, 0.1) is 37.0 Å². The third-order valence-electron chi connectivity index (χ3n) is 13.8. The number of aromatic hydroxyl groups is 1. The first-order chi connectivity index (χ1) is 31.8. The zero-order valence-corrected chi connectivity index (χ0v) is 37.8. The number of ether oxygens (including phenoxy) is 2. The van der Waals surface area contributed by atoms with Crippen molar-refractivity contribution in [1.29, 1.82) is 0 Å². The van der Waals surface area contributed by atoms with Crippen LogP contribution in [0.15, 0.2) is 72.2 Å². The minimum Gasteiger partial charge on any atom is -0.508 e. The van der Waals surface area contributed by atoms with Gasteiger partial charge in [0.15, 0.2) is 5.76 Å². The minimum absolute atomic E-state index is 0.0371. The number of hydrogen-bond acceptors (Lipinski definition) is 11. The van der Waals surface area contributed by atoms with Crippen molar-refractivity contribution in [3.05, 3.63) is 100 Å². The third kappa shape index (κ3) is 10.5. The van der Waals surface area contributed by atoms with E-state index in [-0.39, 0.29) is 59.8 Å². The number of nitrogens with one attached hydrogen (secondary N) is 1. The Bertz CT molecular complexity index is 2340. The van der Waals surface area contributed by atoms with Gasteiger partial charge in [-0.3, -0.25) is 19.3 Å². The number of aryl methyl sites for hydroxylation is 2. The van der Waals surface area contributed by atoms with Crippen molar-refractivity contribution in [1.82, 2.24) is 20.0 Å². The summed E-state index contributed by atoms with van der Waals surface area (Å²) in [5.74, 6) is -4.69. The van der Waals surface area contributed by atoms with Crippen LogP contribution in [0.2, 0.25) is 0 Å². The van der Waals surface area contributed by atoms with Gasteiger partial charge in [-0.2, -0.15) is 26.3 Å². The number of rotatable bonds is 9. The van der Waals surface area contributed by atoms with Gasteiger partial charge >= 0.3 is 30.3 Å². The van der Waals surface area contributed by atoms with Crippen LogP contribution in [0.5, 0.6) is 5.75 Å². The summed E-state index contributed by atoms with van der Waals surface area (Å²) in [6.45, 7) is 5.13. The van der Waals surface area contributed by atoms with Crippen LogP contribution in [0.1, 0.15) is 47.1 Å². The minimum atomic E-state index is -5.08. The Morgan fingerprint density at radius 1 is 0.956 bits per heavy atom. The van der Waals surface area contributed by atoms with Crippen molar-refractivity contribution < 1.29 is 80.2 Å². The standard InChI is InChI=1S/C43H52N4O7.2C2HF3O2/c1-24-18-29(48)19-25(2)30(24)22-34(45(3)4)42(52)47-23-28-9-7-6-8-26(28)20-33(47)41(51)44-16-14-37(50)53-36-13-10-27-21-32-31-11-12-35(49)40-43(31,15-17-46(32)5)38(27)39(36)54-40;2*3-2(4,5)1(6)7/h6-13,18-19,27,31-35,38,40,48-49H,14-17,20-23H2,1-5H3,(H,44,51);2*(H,6,7)/t27?,31-,32+,33-,34-,35-,38?,40-,43-;;/m0../s1. The molecule has 3 aliphatic heterocycles. The predicted octanol–water partition coefficient (Wildman–Crippen LogP) is 4.81. The molecule has 370 valence electrons. The van der Waals surface area contributed by atoms with Gasteiger partial charge in [-0.05, 0) is 113 Å². The quantitative estimate of drug-likeness (QED) is 0.130. The third-order valence-corrected chi connectivity index (χ3v) is 13.8. The number of phenolic OH excluding ortho intramolecular Hbond substituents is 1. The molecule has 1 spiro atoms. The summed E-state index contributed by atoms with van der Waals surface area (Å²) in [7, 11) is 5.91. The second-order valence-electron chi connectivity index (χ2n) is 18.1. The first-order valence-corrected chi connectivity index (χ1v) is 21.8. The first kappa shape index (κ1) is 51.5. The molecule has 2 amide bonds. The van der Waals surface area contributed by atoms with Crippen LogP contribution in [0.4, 0.5) is 26.3 Å². The number of nitrogens with zero attached hydrogens (tertiary/aromatic N) is 3. The van der Waals surface area contributed by atoms with Gasteiger partial charge in [-0.25, -0.2) is 9.59 Å².